The molecule has 0 bridgehead atoms. The van der Waals surface area contributed by atoms with Crippen molar-refractivity contribution in [2.45, 2.75) is 39.2 Å². The summed E-state index contributed by atoms with van der Waals surface area (Å²) in [5.74, 6) is 2.06. The van der Waals surface area contributed by atoms with Crippen LogP contribution in [-0.4, -0.2) is 41.6 Å². The molecular formula is C22H26N2O3S. The minimum absolute atomic E-state index is 0.0557. The monoisotopic (exact) mass is 398 g/mol. The first-order valence-electron chi connectivity index (χ1n) is 9.87. The van der Waals surface area contributed by atoms with Crippen LogP contribution >= 0.6 is 11.3 Å². The number of aryl methyl sites for hydroxylation is 2. The highest BCUT2D eigenvalue weighted by Gasteiger charge is 2.29. The summed E-state index contributed by atoms with van der Waals surface area (Å²) < 4.78 is 12.0. The first kappa shape index (κ1) is 19.0. The van der Waals surface area contributed by atoms with Crippen molar-refractivity contribution in [3.63, 3.8) is 0 Å². The van der Waals surface area contributed by atoms with E-state index in [1.54, 1.807) is 0 Å². The highest BCUT2D eigenvalue weighted by molar-refractivity contribution is 7.13. The van der Waals surface area contributed by atoms with Crippen molar-refractivity contribution < 1.29 is 14.3 Å². The van der Waals surface area contributed by atoms with Gasteiger partial charge in [-0.25, -0.2) is 4.98 Å². The Morgan fingerprint density at radius 3 is 2.75 bits per heavy atom. The third-order valence-electron chi connectivity index (χ3n) is 5.23. The number of para-hydroxylation sites is 2. The van der Waals surface area contributed by atoms with Gasteiger partial charge in [-0.15, -0.1) is 11.3 Å². The molecule has 1 amide bonds. The molecule has 0 radical (unpaired) electrons. The van der Waals surface area contributed by atoms with Crippen molar-refractivity contribution in [2.24, 2.45) is 5.92 Å². The molecule has 0 fully saturated rings. The van der Waals surface area contributed by atoms with Gasteiger partial charge in [-0.1, -0.05) is 24.3 Å². The maximum atomic E-state index is 13.4. The number of aromatic nitrogens is 1. The highest BCUT2D eigenvalue weighted by atomic mass is 32.1. The Balaban J connectivity index is 1.52. The lowest BCUT2D eigenvalue weighted by Gasteiger charge is -2.33. The Kier molecular flexibility index (Phi) is 5.67. The maximum absolute atomic E-state index is 13.4. The van der Waals surface area contributed by atoms with Crippen LogP contribution in [0.3, 0.4) is 0 Å². The molecule has 2 aromatic rings. The summed E-state index contributed by atoms with van der Waals surface area (Å²) in [6.45, 7) is 5.56. The second-order valence-corrected chi connectivity index (χ2v) is 8.71. The predicted molar refractivity (Wildman–Crippen MR) is 110 cm³/mol. The third kappa shape index (κ3) is 4.22. The van der Waals surface area contributed by atoms with Gasteiger partial charge in [0.2, 0.25) is 0 Å². The van der Waals surface area contributed by atoms with Crippen LogP contribution in [0.1, 0.15) is 39.6 Å². The second-order valence-electron chi connectivity index (χ2n) is 7.51. The van der Waals surface area contributed by atoms with Crippen molar-refractivity contribution in [1.82, 2.24) is 9.88 Å². The van der Waals surface area contributed by atoms with Gasteiger partial charge in [-0.05, 0) is 51.2 Å². The summed E-state index contributed by atoms with van der Waals surface area (Å²) in [5.41, 5.74) is 0.812. The van der Waals surface area contributed by atoms with E-state index in [0.29, 0.717) is 19.1 Å². The smallest absolute Gasteiger partial charge is 0.265 e. The number of carbonyl (C=O) groups excluding carboxylic acids is 1. The van der Waals surface area contributed by atoms with Crippen LogP contribution in [0.4, 0.5) is 0 Å². The van der Waals surface area contributed by atoms with Gasteiger partial charge < -0.3 is 14.4 Å². The Hall–Kier alpha value is -2.34. The Morgan fingerprint density at radius 2 is 2.04 bits per heavy atom. The Morgan fingerprint density at radius 1 is 1.21 bits per heavy atom. The van der Waals surface area contributed by atoms with Gasteiger partial charge in [0.05, 0.1) is 17.2 Å². The summed E-state index contributed by atoms with van der Waals surface area (Å²) in [6.07, 6.45) is 7.51. The quantitative estimate of drug-likeness (QED) is 0.701. The third-order valence-corrected chi connectivity index (χ3v) is 6.29. The Labute approximate surface area is 170 Å². The number of benzene rings is 1. The molecule has 1 aliphatic carbocycles. The van der Waals surface area contributed by atoms with Crippen LogP contribution in [0.25, 0.3) is 0 Å². The van der Waals surface area contributed by atoms with E-state index in [2.05, 4.69) is 17.1 Å². The van der Waals surface area contributed by atoms with Crippen LogP contribution in [0.5, 0.6) is 11.5 Å². The molecule has 6 heteroatoms. The maximum Gasteiger partial charge on any atom is 0.265 e. The van der Waals surface area contributed by atoms with E-state index in [-0.39, 0.29) is 12.0 Å². The molecule has 0 unspecified atom stereocenters. The van der Waals surface area contributed by atoms with Crippen molar-refractivity contribution in [3.05, 3.63) is 52.0 Å². The average Bonchev–Trinajstić information content (AvgIpc) is 3.05. The fourth-order valence-corrected chi connectivity index (χ4v) is 4.73. The van der Waals surface area contributed by atoms with E-state index in [4.69, 9.17) is 9.47 Å². The van der Waals surface area contributed by atoms with Crippen LogP contribution in [0.2, 0.25) is 0 Å². The molecule has 1 aliphatic heterocycles. The van der Waals surface area contributed by atoms with E-state index in [0.717, 1.165) is 52.9 Å². The van der Waals surface area contributed by atoms with E-state index in [1.807, 2.05) is 43.0 Å². The first-order chi connectivity index (χ1) is 13.6. The first-order valence-corrected chi connectivity index (χ1v) is 10.7. The van der Waals surface area contributed by atoms with Gasteiger partial charge >= 0.3 is 0 Å². The van der Waals surface area contributed by atoms with Gasteiger partial charge in [-0.3, -0.25) is 4.79 Å². The second kappa shape index (κ2) is 8.35. The zero-order valence-electron chi connectivity index (χ0n) is 16.4. The molecule has 28 heavy (non-hydrogen) atoms. The largest absolute Gasteiger partial charge is 0.486 e. The van der Waals surface area contributed by atoms with E-state index in [1.165, 1.54) is 11.3 Å². The van der Waals surface area contributed by atoms with Crippen LogP contribution in [0, 0.1) is 19.8 Å². The Bertz CT molecular complexity index is 876. The van der Waals surface area contributed by atoms with E-state index >= 15 is 0 Å². The normalized spacial score (nSPS) is 20.8. The molecule has 2 heterocycles. The topological polar surface area (TPSA) is 51.7 Å². The number of amides is 1. The van der Waals surface area contributed by atoms with Gasteiger partial charge in [-0.2, -0.15) is 0 Å². The van der Waals surface area contributed by atoms with Crippen molar-refractivity contribution in [3.8, 4) is 11.5 Å². The van der Waals surface area contributed by atoms with E-state index in [9.17, 15) is 4.79 Å². The minimum atomic E-state index is -0.174. The molecule has 0 spiro atoms. The average molecular weight is 399 g/mol. The number of thiazole rings is 1. The van der Waals surface area contributed by atoms with Crippen LogP contribution in [-0.2, 0) is 0 Å². The molecule has 4 rings (SSSR count). The van der Waals surface area contributed by atoms with Crippen LogP contribution in [0.15, 0.2) is 36.4 Å². The van der Waals surface area contributed by atoms with Gasteiger partial charge in [0.1, 0.15) is 11.5 Å². The number of hydrogen-bond acceptors (Lipinski definition) is 5. The van der Waals surface area contributed by atoms with E-state index < -0.39 is 0 Å². The molecule has 0 saturated heterocycles. The molecule has 0 saturated carbocycles. The standard InChI is InChI=1S/C22H26N2O3S/c1-15-21(28-16(2)23-15)22(25)24(12-17-8-4-3-5-9-17)13-18-14-26-19-10-6-7-11-20(19)27-18/h3-4,6-7,10-11,17-18H,5,8-9,12-14H2,1-2H3/t17-,18-/m1/s1. The SMILES string of the molecule is Cc1nc(C)c(C(=O)N(C[C@@H]2CC=CCC2)C[C@@H]2COc3ccccc3O2)s1. The number of ether oxygens (including phenoxy) is 2. The molecule has 1 aromatic carbocycles. The zero-order valence-corrected chi connectivity index (χ0v) is 17.2. The molecule has 5 nitrogen and oxygen atoms in total. The molecule has 0 N–H and O–H groups in total. The zero-order chi connectivity index (χ0) is 19.5. The summed E-state index contributed by atoms with van der Waals surface area (Å²) >= 11 is 1.48. The lowest BCUT2D eigenvalue weighted by Crippen LogP contribution is -2.45. The fourth-order valence-electron chi connectivity index (χ4n) is 3.85. The summed E-state index contributed by atoms with van der Waals surface area (Å²) in [6, 6.07) is 7.69. The van der Waals surface area contributed by atoms with Crippen molar-refractivity contribution in [2.75, 3.05) is 19.7 Å². The van der Waals surface area contributed by atoms with Crippen LogP contribution < -0.4 is 9.47 Å². The fraction of sp³-hybridized carbons (Fsp3) is 0.455. The lowest BCUT2D eigenvalue weighted by atomic mass is 9.93. The molecule has 2 atom stereocenters. The summed E-state index contributed by atoms with van der Waals surface area (Å²) in [5, 5.41) is 0.924. The minimum Gasteiger partial charge on any atom is -0.486 e. The highest BCUT2D eigenvalue weighted by Crippen LogP contribution is 2.31. The number of rotatable bonds is 5. The van der Waals surface area contributed by atoms with Crippen molar-refractivity contribution in [1.29, 1.82) is 0 Å². The number of nitrogens with zero attached hydrogens (tertiary/aromatic N) is 2. The van der Waals surface area contributed by atoms with Gasteiger partial charge in [0.15, 0.2) is 17.6 Å². The molecule has 148 valence electrons. The predicted octanol–water partition coefficient (Wildman–Crippen LogP) is 4.40. The lowest BCUT2D eigenvalue weighted by molar-refractivity contribution is 0.0424. The summed E-state index contributed by atoms with van der Waals surface area (Å²) in [4.78, 5) is 20.5. The molecular weight excluding hydrogens is 372 g/mol. The number of fused-ring (bicyclic) bond motifs is 1. The molecule has 1 aromatic heterocycles. The van der Waals surface area contributed by atoms with Gasteiger partial charge in [0.25, 0.3) is 5.91 Å². The van der Waals surface area contributed by atoms with Crippen molar-refractivity contribution >= 4 is 17.2 Å². The van der Waals surface area contributed by atoms with Gasteiger partial charge in [0, 0.05) is 6.54 Å². The molecule has 2 aliphatic rings. The number of hydrogen-bond donors (Lipinski definition) is 0. The number of allylic oxidation sites excluding steroid dienone is 2. The summed E-state index contributed by atoms with van der Waals surface area (Å²) in [7, 11) is 0. The number of carbonyl (C=O) groups is 1.